The Balaban J connectivity index is 1.96. The zero-order valence-corrected chi connectivity index (χ0v) is 9.41. The third-order valence-corrected chi connectivity index (χ3v) is 4.39. The second-order valence-electron chi connectivity index (χ2n) is 5.29. The summed E-state index contributed by atoms with van der Waals surface area (Å²) in [6, 6.07) is 1.21. The van der Waals surface area contributed by atoms with Crippen LogP contribution in [0.15, 0.2) is 11.8 Å². The lowest BCUT2D eigenvalue weighted by Gasteiger charge is -2.44. The SMILES string of the molecule is C[C@H]1CCC2=CC(=O)[C@H]3CCCC[C@H]3N21. The number of hydrogen-bond acceptors (Lipinski definition) is 2. The lowest BCUT2D eigenvalue weighted by Crippen LogP contribution is -2.48. The number of rotatable bonds is 0. The highest BCUT2D eigenvalue weighted by atomic mass is 16.1. The molecule has 1 saturated carbocycles. The van der Waals surface area contributed by atoms with E-state index in [2.05, 4.69) is 11.8 Å². The Bertz CT molecular complexity index is 320. The first-order chi connectivity index (χ1) is 7.27. The number of fused-ring (bicyclic) bond motifs is 3. The van der Waals surface area contributed by atoms with Crippen molar-refractivity contribution in [3.63, 3.8) is 0 Å². The molecular weight excluding hydrogens is 186 g/mol. The lowest BCUT2D eigenvalue weighted by atomic mass is 9.78. The summed E-state index contributed by atoms with van der Waals surface area (Å²) in [5.41, 5.74) is 1.33. The predicted molar refractivity (Wildman–Crippen MR) is 59.4 cm³/mol. The molecule has 2 aliphatic heterocycles. The monoisotopic (exact) mass is 205 g/mol. The number of ketones is 1. The molecule has 3 atom stereocenters. The van der Waals surface area contributed by atoms with Gasteiger partial charge >= 0.3 is 0 Å². The highest BCUT2D eigenvalue weighted by molar-refractivity contribution is 5.94. The van der Waals surface area contributed by atoms with Gasteiger partial charge in [0.2, 0.25) is 0 Å². The fourth-order valence-electron chi connectivity index (χ4n) is 3.64. The maximum atomic E-state index is 12.0. The Kier molecular flexibility index (Phi) is 2.11. The van der Waals surface area contributed by atoms with Gasteiger partial charge in [0, 0.05) is 29.8 Å². The molecule has 2 nitrogen and oxygen atoms in total. The molecule has 3 rings (SSSR count). The summed E-state index contributed by atoms with van der Waals surface area (Å²) in [5.74, 6) is 0.739. The van der Waals surface area contributed by atoms with Crippen LogP contribution in [-0.2, 0) is 4.79 Å². The van der Waals surface area contributed by atoms with Crippen molar-refractivity contribution in [1.29, 1.82) is 0 Å². The van der Waals surface area contributed by atoms with Crippen molar-refractivity contribution in [2.24, 2.45) is 5.92 Å². The molecule has 0 N–H and O–H groups in total. The smallest absolute Gasteiger partial charge is 0.162 e. The topological polar surface area (TPSA) is 20.3 Å². The summed E-state index contributed by atoms with van der Waals surface area (Å²) in [6.45, 7) is 2.31. The average molecular weight is 205 g/mol. The molecule has 82 valence electrons. The van der Waals surface area contributed by atoms with Crippen molar-refractivity contribution in [2.45, 2.75) is 57.5 Å². The molecule has 0 aromatic carbocycles. The summed E-state index contributed by atoms with van der Waals surface area (Å²) in [5, 5.41) is 0. The summed E-state index contributed by atoms with van der Waals surface area (Å²) in [7, 11) is 0. The first kappa shape index (κ1) is 9.44. The highest BCUT2D eigenvalue weighted by Crippen LogP contribution is 2.41. The van der Waals surface area contributed by atoms with E-state index in [0.29, 0.717) is 23.8 Å². The van der Waals surface area contributed by atoms with E-state index in [4.69, 9.17) is 0 Å². The van der Waals surface area contributed by atoms with E-state index in [1.807, 2.05) is 6.08 Å². The largest absolute Gasteiger partial charge is 0.368 e. The molecule has 1 saturated heterocycles. The maximum absolute atomic E-state index is 12.0. The minimum Gasteiger partial charge on any atom is -0.368 e. The van der Waals surface area contributed by atoms with Crippen LogP contribution in [0, 0.1) is 5.92 Å². The molecule has 15 heavy (non-hydrogen) atoms. The third-order valence-electron chi connectivity index (χ3n) is 4.39. The van der Waals surface area contributed by atoms with E-state index in [9.17, 15) is 4.79 Å². The molecule has 0 aromatic rings. The predicted octanol–water partition coefficient (Wildman–Crippen LogP) is 2.50. The Morgan fingerprint density at radius 2 is 2.07 bits per heavy atom. The summed E-state index contributed by atoms with van der Waals surface area (Å²) in [4.78, 5) is 14.5. The van der Waals surface area contributed by atoms with Crippen LogP contribution in [0.3, 0.4) is 0 Å². The standard InChI is InChI=1S/C13H19NO/c1-9-6-7-10-8-13(15)11-4-2-3-5-12(11)14(9)10/h8-9,11-12H,2-7H2,1H3/t9-,11-,12+/m0/s1. The first-order valence-electron chi connectivity index (χ1n) is 6.30. The zero-order valence-electron chi connectivity index (χ0n) is 9.41. The van der Waals surface area contributed by atoms with Crippen molar-refractivity contribution < 1.29 is 4.79 Å². The molecule has 0 aromatic heterocycles. The van der Waals surface area contributed by atoms with Crippen molar-refractivity contribution in [1.82, 2.24) is 4.90 Å². The van der Waals surface area contributed by atoms with Gasteiger partial charge in [-0.3, -0.25) is 4.79 Å². The molecule has 0 unspecified atom stereocenters. The minimum absolute atomic E-state index is 0.322. The van der Waals surface area contributed by atoms with Crippen LogP contribution in [0.5, 0.6) is 0 Å². The molecule has 2 heterocycles. The van der Waals surface area contributed by atoms with Crippen LogP contribution in [0.2, 0.25) is 0 Å². The molecule has 1 aliphatic carbocycles. The number of carbonyl (C=O) groups excluding carboxylic acids is 1. The Morgan fingerprint density at radius 1 is 1.27 bits per heavy atom. The molecule has 2 heteroatoms. The number of carbonyl (C=O) groups is 1. The fraction of sp³-hybridized carbons (Fsp3) is 0.769. The molecule has 3 aliphatic rings. The van der Waals surface area contributed by atoms with Gasteiger partial charge in [0.05, 0.1) is 0 Å². The Morgan fingerprint density at radius 3 is 2.93 bits per heavy atom. The molecule has 0 spiro atoms. The third kappa shape index (κ3) is 1.34. The van der Waals surface area contributed by atoms with Gasteiger partial charge in [0.25, 0.3) is 0 Å². The Labute approximate surface area is 91.3 Å². The molecular formula is C13H19NO. The van der Waals surface area contributed by atoms with Crippen LogP contribution in [-0.4, -0.2) is 22.8 Å². The molecule has 0 radical (unpaired) electrons. The van der Waals surface area contributed by atoms with E-state index in [-0.39, 0.29) is 0 Å². The van der Waals surface area contributed by atoms with Crippen LogP contribution >= 0.6 is 0 Å². The normalized spacial score (nSPS) is 39.8. The zero-order chi connectivity index (χ0) is 10.4. The second-order valence-corrected chi connectivity index (χ2v) is 5.29. The lowest BCUT2D eigenvalue weighted by molar-refractivity contribution is -0.122. The average Bonchev–Trinajstić information content (AvgIpc) is 2.61. The van der Waals surface area contributed by atoms with Crippen molar-refractivity contribution >= 4 is 5.78 Å². The second kappa shape index (κ2) is 3.36. The van der Waals surface area contributed by atoms with Crippen molar-refractivity contribution in [2.75, 3.05) is 0 Å². The summed E-state index contributed by atoms with van der Waals surface area (Å²) in [6.07, 6.45) is 9.21. The van der Waals surface area contributed by atoms with E-state index < -0.39 is 0 Å². The quantitative estimate of drug-likeness (QED) is 0.605. The number of nitrogens with zero attached hydrogens (tertiary/aromatic N) is 1. The van der Waals surface area contributed by atoms with Gasteiger partial charge in [-0.05, 0) is 32.6 Å². The molecule has 2 fully saturated rings. The number of allylic oxidation sites excluding steroid dienone is 2. The van der Waals surface area contributed by atoms with Crippen LogP contribution < -0.4 is 0 Å². The van der Waals surface area contributed by atoms with Gasteiger partial charge in [0.1, 0.15) is 0 Å². The van der Waals surface area contributed by atoms with Gasteiger partial charge < -0.3 is 4.90 Å². The van der Waals surface area contributed by atoms with Gasteiger partial charge in [-0.2, -0.15) is 0 Å². The van der Waals surface area contributed by atoms with E-state index in [1.54, 1.807) is 0 Å². The molecule has 0 amide bonds. The fourth-order valence-corrected chi connectivity index (χ4v) is 3.64. The van der Waals surface area contributed by atoms with Crippen LogP contribution in [0.1, 0.15) is 45.4 Å². The van der Waals surface area contributed by atoms with E-state index in [0.717, 1.165) is 12.8 Å². The van der Waals surface area contributed by atoms with Gasteiger partial charge in [-0.15, -0.1) is 0 Å². The summed E-state index contributed by atoms with van der Waals surface area (Å²) >= 11 is 0. The first-order valence-corrected chi connectivity index (χ1v) is 6.30. The Hall–Kier alpha value is -0.790. The molecule has 0 bridgehead atoms. The van der Waals surface area contributed by atoms with Gasteiger partial charge in [-0.25, -0.2) is 0 Å². The summed E-state index contributed by atoms with van der Waals surface area (Å²) < 4.78 is 0. The van der Waals surface area contributed by atoms with Crippen LogP contribution in [0.25, 0.3) is 0 Å². The number of hydrogen-bond donors (Lipinski definition) is 0. The van der Waals surface area contributed by atoms with E-state index in [1.165, 1.54) is 31.4 Å². The minimum atomic E-state index is 0.322. The van der Waals surface area contributed by atoms with Crippen LogP contribution in [0.4, 0.5) is 0 Å². The van der Waals surface area contributed by atoms with Crippen molar-refractivity contribution in [3.8, 4) is 0 Å². The van der Waals surface area contributed by atoms with Gasteiger partial charge in [-0.1, -0.05) is 12.8 Å². The highest BCUT2D eigenvalue weighted by Gasteiger charge is 2.42. The van der Waals surface area contributed by atoms with E-state index >= 15 is 0 Å². The van der Waals surface area contributed by atoms with Crippen molar-refractivity contribution in [3.05, 3.63) is 11.8 Å². The van der Waals surface area contributed by atoms with Gasteiger partial charge in [0.15, 0.2) is 5.78 Å². The maximum Gasteiger partial charge on any atom is 0.162 e.